The first-order chi connectivity index (χ1) is 10.4. The van der Waals surface area contributed by atoms with Crippen molar-refractivity contribution in [2.24, 2.45) is 0 Å². The maximum atomic E-state index is 12.6. The Morgan fingerprint density at radius 2 is 2.05 bits per heavy atom. The van der Waals surface area contributed by atoms with Gasteiger partial charge in [-0.25, -0.2) is 4.98 Å². The normalized spacial score (nSPS) is 12.5. The monoisotopic (exact) mass is 307 g/mol. The third-order valence-electron chi connectivity index (χ3n) is 2.99. The molecule has 1 atom stereocenters. The van der Waals surface area contributed by atoms with E-state index in [4.69, 9.17) is 5.26 Å². The van der Waals surface area contributed by atoms with Gasteiger partial charge in [0.25, 0.3) is 0 Å². The quantitative estimate of drug-likeness (QED) is 0.910. The summed E-state index contributed by atoms with van der Waals surface area (Å²) in [6, 6.07) is 9.56. The van der Waals surface area contributed by atoms with Crippen molar-refractivity contribution < 1.29 is 18.3 Å². The van der Waals surface area contributed by atoms with Crippen LogP contribution in [0.25, 0.3) is 0 Å². The van der Waals surface area contributed by atoms with Gasteiger partial charge in [0.15, 0.2) is 0 Å². The summed E-state index contributed by atoms with van der Waals surface area (Å²) in [5, 5.41) is 21.7. The van der Waals surface area contributed by atoms with Gasteiger partial charge in [-0.1, -0.05) is 12.1 Å². The molecule has 4 nitrogen and oxygen atoms in total. The van der Waals surface area contributed by atoms with E-state index in [1.807, 2.05) is 6.07 Å². The Bertz CT molecular complexity index is 695. The van der Waals surface area contributed by atoms with Gasteiger partial charge in [-0.15, -0.1) is 0 Å². The second kappa shape index (κ2) is 6.45. The molecule has 0 radical (unpaired) electrons. The summed E-state index contributed by atoms with van der Waals surface area (Å²) in [4.78, 5) is 3.95. The predicted molar refractivity (Wildman–Crippen MR) is 73.8 cm³/mol. The van der Waals surface area contributed by atoms with Crippen LogP contribution in [0.4, 0.5) is 19.0 Å². The van der Waals surface area contributed by atoms with Crippen molar-refractivity contribution in [3.63, 3.8) is 0 Å². The first-order valence-electron chi connectivity index (χ1n) is 6.36. The summed E-state index contributed by atoms with van der Waals surface area (Å²) in [7, 11) is 0. The molecule has 0 amide bonds. The Morgan fingerprint density at radius 3 is 2.73 bits per heavy atom. The summed E-state index contributed by atoms with van der Waals surface area (Å²) in [6.07, 6.45) is -4.14. The maximum absolute atomic E-state index is 12.6. The van der Waals surface area contributed by atoms with Crippen molar-refractivity contribution >= 4 is 5.82 Å². The molecular weight excluding hydrogens is 295 g/mol. The first kappa shape index (κ1) is 15.8. The van der Waals surface area contributed by atoms with Crippen LogP contribution in [0.1, 0.15) is 22.8 Å². The van der Waals surface area contributed by atoms with E-state index < -0.39 is 17.8 Å². The summed E-state index contributed by atoms with van der Waals surface area (Å²) in [6.45, 7) is -0.0625. The molecule has 1 aromatic carbocycles. The number of benzene rings is 1. The number of anilines is 1. The van der Waals surface area contributed by atoms with Crippen LogP contribution in [0.2, 0.25) is 0 Å². The van der Waals surface area contributed by atoms with Crippen molar-refractivity contribution in [3.8, 4) is 6.07 Å². The number of nitrogens with zero attached hydrogens (tertiary/aromatic N) is 2. The van der Waals surface area contributed by atoms with Gasteiger partial charge in [0.2, 0.25) is 0 Å². The number of aromatic nitrogens is 1. The van der Waals surface area contributed by atoms with E-state index >= 15 is 0 Å². The Morgan fingerprint density at radius 1 is 1.27 bits per heavy atom. The third kappa shape index (κ3) is 3.74. The molecule has 0 unspecified atom stereocenters. The second-order valence-corrected chi connectivity index (χ2v) is 4.53. The van der Waals surface area contributed by atoms with Gasteiger partial charge in [0, 0.05) is 12.7 Å². The molecule has 0 aliphatic rings. The lowest BCUT2D eigenvalue weighted by atomic mass is 10.1. The minimum Gasteiger partial charge on any atom is -0.387 e. The van der Waals surface area contributed by atoms with Crippen molar-refractivity contribution in [2.45, 2.75) is 12.3 Å². The molecule has 7 heteroatoms. The average Bonchev–Trinajstić information content (AvgIpc) is 2.52. The SMILES string of the molecule is N#Cc1cccnc1NC[C@H](O)c1cccc(C(F)(F)F)c1. The summed E-state index contributed by atoms with van der Waals surface area (Å²) in [5.41, 5.74) is -0.393. The Kier molecular flexibility index (Phi) is 4.63. The van der Waals surface area contributed by atoms with Crippen molar-refractivity contribution in [1.82, 2.24) is 4.98 Å². The molecule has 0 spiro atoms. The molecule has 1 heterocycles. The second-order valence-electron chi connectivity index (χ2n) is 4.53. The number of nitrogens with one attached hydrogen (secondary N) is 1. The number of hydrogen-bond donors (Lipinski definition) is 2. The highest BCUT2D eigenvalue weighted by molar-refractivity contribution is 5.51. The summed E-state index contributed by atoms with van der Waals surface area (Å²) in [5.74, 6) is 0.274. The number of alkyl halides is 3. The minimum absolute atomic E-state index is 0.0625. The molecule has 2 rings (SSSR count). The van der Waals surface area contributed by atoms with Crippen molar-refractivity contribution in [1.29, 1.82) is 5.26 Å². The minimum atomic E-state index is -4.46. The van der Waals surface area contributed by atoms with Crippen LogP contribution in [0, 0.1) is 11.3 Å². The molecule has 1 aromatic heterocycles. The molecule has 114 valence electrons. The highest BCUT2D eigenvalue weighted by Gasteiger charge is 2.30. The van der Waals surface area contributed by atoms with Gasteiger partial charge in [0.05, 0.1) is 17.2 Å². The van der Waals surface area contributed by atoms with Crippen LogP contribution in [0.3, 0.4) is 0 Å². The third-order valence-corrected chi connectivity index (χ3v) is 2.99. The lowest BCUT2D eigenvalue weighted by molar-refractivity contribution is -0.137. The number of rotatable bonds is 4. The molecule has 0 aliphatic heterocycles. The molecule has 2 N–H and O–H groups in total. The van der Waals surface area contributed by atoms with E-state index in [1.165, 1.54) is 18.3 Å². The fourth-order valence-electron chi connectivity index (χ4n) is 1.87. The largest absolute Gasteiger partial charge is 0.416 e. The highest BCUT2D eigenvalue weighted by Crippen LogP contribution is 2.30. The van der Waals surface area contributed by atoms with Gasteiger partial charge in [-0.2, -0.15) is 18.4 Å². The van der Waals surface area contributed by atoms with E-state index in [-0.39, 0.29) is 17.9 Å². The van der Waals surface area contributed by atoms with Gasteiger partial charge >= 0.3 is 6.18 Å². The number of halogens is 3. The van der Waals surface area contributed by atoms with Crippen molar-refractivity contribution in [3.05, 3.63) is 59.3 Å². The smallest absolute Gasteiger partial charge is 0.387 e. The zero-order chi connectivity index (χ0) is 16.2. The number of hydrogen-bond acceptors (Lipinski definition) is 4. The zero-order valence-corrected chi connectivity index (χ0v) is 11.3. The van der Waals surface area contributed by atoms with Gasteiger partial charge in [-0.05, 0) is 29.8 Å². The molecule has 0 saturated heterocycles. The molecule has 0 bridgehead atoms. The predicted octanol–water partition coefficient (Wildman–Crippen LogP) is 3.12. The topological polar surface area (TPSA) is 68.9 Å². The lowest BCUT2D eigenvalue weighted by Gasteiger charge is -2.15. The number of aliphatic hydroxyl groups is 1. The molecule has 2 aromatic rings. The first-order valence-corrected chi connectivity index (χ1v) is 6.36. The summed E-state index contributed by atoms with van der Waals surface area (Å²) >= 11 is 0. The van der Waals surface area contributed by atoms with E-state index in [9.17, 15) is 18.3 Å². The van der Waals surface area contributed by atoms with E-state index in [0.717, 1.165) is 12.1 Å². The fraction of sp³-hybridized carbons (Fsp3) is 0.200. The van der Waals surface area contributed by atoms with Crippen LogP contribution in [0.15, 0.2) is 42.6 Å². The fourth-order valence-corrected chi connectivity index (χ4v) is 1.87. The van der Waals surface area contributed by atoms with Crippen LogP contribution in [0.5, 0.6) is 0 Å². The number of nitriles is 1. The molecule has 22 heavy (non-hydrogen) atoms. The number of aliphatic hydroxyl groups excluding tert-OH is 1. The van der Waals surface area contributed by atoms with E-state index in [0.29, 0.717) is 5.56 Å². The van der Waals surface area contributed by atoms with Crippen LogP contribution >= 0.6 is 0 Å². The zero-order valence-electron chi connectivity index (χ0n) is 11.3. The van der Waals surface area contributed by atoms with Gasteiger partial charge in [0.1, 0.15) is 11.9 Å². The summed E-state index contributed by atoms with van der Waals surface area (Å²) < 4.78 is 37.9. The molecule has 0 saturated carbocycles. The van der Waals surface area contributed by atoms with Crippen LogP contribution in [-0.4, -0.2) is 16.6 Å². The van der Waals surface area contributed by atoms with E-state index in [2.05, 4.69) is 10.3 Å². The highest BCUT2D eigenvalue weighted by atomic mass is 19.4. The van der Waals surface area contributed by atoms with Gasteiger partial charge in [-0.3, -0.25) is 0 Å². The maximum Gasteiger partial charge on any atom is 0.416 e. The standard InChI is InChI=1S/C15H12F3N3O/c16-15(17,18)12-5-1-3-10(7-12)13(22)9-21-14-11(8-19)4-2-6-20-14/h1-7,13,22H,9H2,(H,20,21)/t13-/m0/s1. The Labute approximate surface area is 124 Å². The van der Waals surface area contributed by atoms with Gasteiger partial charge < -0.3 is 10.4 Å². The van der Waals surface area contributed by atoms with Crippen LogP contribution in [-0.2, 0) is 6.18 Å². The van der Waals surface area contributed by atoms with Crippen molar-refractivity contribution in [2.75, 3.05) is 11.9 Å². The Balaban J connectivity index is 2.10. The molecular formula is C15H12F3N3O. The lowest BCUT2D eigenvalue weighted by Crippen LogP contribution is -2.15. The molecule has 0 fully saturated rings. The molecule has 0 aliphatic carbocycles. The average molecular weight is 307 g/mol. The van der Waals surface area contributed by atoms with Crippen LogP contribution < -0.4 is 5.32 Å². The number of pyridine rings is 1. The Hall–Kier alpha value is -2.59. The van der Waals surface area contributed by atoms with E-state index in [1.54, 1.807) is 12.1 Å².